The molecular formula is C9H14N6O9S3. The van der Waals surface area contributed by atoms with E-state index in [0.717, 1.165) is 8.69 Å². The van der Waals surface area contributed by atoms with Gasteiger partial charge in [-0.3, -0.25) is 8.75 Å². The van der Waals surface area contributed by atoms with Gasteiger partial charge in [-0.15, -0.1) is 0 Å². The van der Waals surface area contributed by atoms with E-state index >= 15 is 0 Å². The van der Waals surface area contributed by atoms with Crippen LogP contribution in [0.1, 0.15) is 12.6 Å². The van der Waals surface area contributed by atoms with Crippen LogP contribution in [0, 0.1) is 0 Å². The van der Waals surface area contributed by atoms with Gasteiger partial charge in [0, 0.05) is 12.6 Å². The van der Waals surface area contributed by atoms with Crippen molar-refractivity contribution in [2.24, 2.45) is 3.77 Å². The Hall–Kier alpha value is -1.67. The Bertz CT molecular complexity index is 1140. The van der Waals surface area contributed by atoms with Crippen LogP contribution in [0.15, 0.2) is 20.8 Å². The van der Waals surface area contributed by atoms with Gasteiger partial charge in [-0.1, -0.05) is 12.0 Å². The van der Waals surface area contributed by atoms with Gasteiger partial charge >= 0.3 is 26.1 Å². The van der Waals surface area contributed by atoms with Gasteiger partial charge in [-0.25, -0.2) is 9.00 Å². The molecule has 1 fully saturated rings. The minimum atomic E-state index is -4.77. The molecule has 2 aliphatic rings. The highest BCUT2D eigenvalue weighted by molar-refractivity contribution is 8.15. The summed E-state index contributed by atoms with van der Waals surface area (Å²) < 4.78 is 74.3. The maximum absolute atomic E-state index is 12.2. The third-order valence-electron chi connectivity index (χ3n) is 3.38. The van der Waals surface area contributed by atoms with Crippen molar-refractivity contribution >= 4 is 36.4 Å². The predicted octanol–water partition coefficient (Wildman–Crippen LogP) is -3.53. The first-order chi connectivity index (χ1) is 12.4. The van der Waals surface area contributed by atoms with E-state index in [1.807, 2.05) is 0 Å². The van der Waals surface area contributed by atoms with Gasteiger partial charge in [0.15, 0.2) is 0 Å². The van der Waals surface area contributed by atoms with E-state index in [2.05, 4.69) is 8.75 Å². The number of ether oxygens (including phenoxy) is 1. The van der Waals surface area contributed by atoms with Crippen molar-refractivity contribution in [3.05, 3.63) is 22.7 Å². The van der Waals surface area contributed by atoms with Gasteiger partial charge < -0.3 is 15.6 Å². The summed E-state index contributed by atoms with van der Waals surface area (Å²) >= 11 is 0. The number of aliphatic hydroxyl groups excluding tert-OH is 1. The summed E-state index contributed by atoms with van der Waals surface area (Å²) in [6, 6.07) is 1.34. The van der Waals surface area contributed by atoms with Crippen molar-refractivity contribution in [3.8, 4) is 0 Å². The van der Waals surface area contributed by atoms with Crippen LogP contribution in [0.25, 0.3) is 0 Å². The van der Waals surface area contributed by atoms with Gasteiger partial charge in [0.2, 0.25) is 0 Å². The normalized spacial score (nSPS) is 34.8. The summed E-state index contributed by atoms with van der Waals surface area (Å²) in [6.07, 6.45) is -2.07. The zero-order valence-electron chi connectivity index (χ0n) is 13.2. The number of nitrogens with zero attached hydrogens (tertiary/aromatic N) is 3. The highest BCUT2D eigenvalue weighted by Crippen LogP contribution is 2.28. The van der Waals surface area contributed by atoms with Crippen molar-refractivity contribution in [2.75, 3.05) is 12.3 Å². The number of rotatable bonds is 4. The maximum atomic E-state index is 12.2. The summed E-state index contributed by atoms with van der Waals surface area (Å²) in [6.45, 7) is -0.685. The molecule has 0 spiro atoms. The van der Waals surface area contributed by atoms with Crippen LogP contribution < -0.4 is 19.7 Å². The van der Waals surface area contributed by atoms with Crippen LogP contribution in [0.3, 0.4) is 0 Å². The predicted molar refractivity (Wildman–Crippen MR) is 88.1 cm³/mol. The fraction of sp³-hybridized carbons (Fsp3) is 0.556. The summed E-state index contributed by atoms with van der Waals surface area (Å²) in [4.78, 5) is 15.3. The van der Waals surface area contributed by atoms with E-state index in [1.54, 1.807) is 0 Å². The molecule has 152 valence electrons. The molecule has 2 aliphatic heterocycles. The smallest absolute Gasteiger partial charge is 0.351 e. The number of nitrogen functional groups attached to an aromatic ring is 1. The van der Waals surface area contributed by atoms with E-state index in [1.165, 1.54) is 16.4 Å². The van der Waals surface area contributed by atoms with E-state index in [0.29, 0.717) is 0 Å². The lowest BCUT2D eigenvalue weighted by atomic mass is 10.2. The SMILES string of the molecule is Nc1ccn([C@H]2C[C@H](O)[C@@H](COS3(=O)=NS(=O)(=O)NS(=O)(=O)N3)O2)c(=O)n1. The van der Waals surface area contributed by atoms with Crippen molar-refractivity contribution in [2.45, 2.75) is 24.9 Å². The van der Waals surface area contributed by atoms with Crippen molar-refractivity contribution in [1.82, 2.24) is 17.8 Å². The Morgan fingerprint density at radius 2 is 2.04 bits per heavy atom. The molecule has 3 rings (SSSR count). The third kappa shape index (κ3) is 4.60. The molecular weight excluding hydrogens is 432 g/mol. The first-order valence-electron chi connectivity index (χ1n) is 7.06. The van der Waals surface area contributed by atoms with E-state index in [4.69, 9.17) is 14.7 Å². The van der Waals surface area contributed by atoms with Crippen LogP contribution in [0.2, 0.25) is 0 Å². The van der Waals surface area contributed by atoms with Crippen molar-refractivity contribution in [1.29, 1.82) is 0 Å². The molecule has 1 aromatic heterocycles. The third-order valence-corrected chi connectivity index (χ3v) is 8.85. The number of hydrogen-bond acceptors (Lipinski definition) is 11. The summed E-state index contributed by atoms with van der Waals surface area (Å²) in [7, 11) is -13.8. The molecule has 0 amide bonds. The van der Waals surface area contributed by atoms with Crippen LogP contribution >= 0.6 is 0 Å². The Morgan fingerprint density at radius 3 is 2.67 bits per heavy atom. The second kappa shape index (κ2) is 6.74. The Kier molecular flexibility index (Phi) is 5.01. The first kappa shape index (κ1) is 20.1. The summed E-state index contributed by atoms with van der Waals surface area (Å²) in [5, 5.41) is 10.0. The second-order valence-electron chi connectivity index (χ2n) is 5.45. The van der Waals surface area contributed by atoms with Crippen LogP contribution in [0.4, 0.5) is 5.82 Å². The monoisotopic (exact) mass is 446 g/mol. The van der Waals surface area contributed by atoms with Gasteiger partial charge in [0.1, 0.15) is 18.1 Å². The lowest BCUT2D eigenvalue weighted by molar-refractivity contribution is -0.0393. The number of aromatic nitrogens is 2. The second-order valence-corrected chi connectivity index (χ2v) is 10.5. The topological polar surface area (TPSA) is 221 Å². The molecule has 0 bridgehead atoms. The van der Waals surface area contributed by atoms with Crippen LogP contribution in [0.5, 0.6) is 0 Å². The average Bonchev–Trinajstić information content (AvgIpc) is 2.82. The van der Waals surface area contributed by atoms with Crippen LogP contribution in [-0.4, -0.2) is 54.5 Å². The van der Waals surface area contributed by atoms with Gasteiger partial charge in [-0.2, -0.15) is 21.8 Å². The minimum absolute atomic E-state index is 0.00686. The maximum Gasteiger partial charge on any atom is 0.351 e. The molecule has 4 atom stereocenters. The van der Waals surface area contributed by atoms with E-state index in [9.17, 15) is 30.9 Å². The molecule has 5 N–H and O–H groups in total. The molecule has 0 aromatic carbocycles. The lowest BCUT2D eigenvalue weighted by Crippen LogP contribution is -2.48. The van der Waals surface area contributed by atoms with Gasteiger partial charge in [0.25, 0.3) is 10.2 Å². The standard InChI is InChI=1S/C9H14N6O9S3/c10-7-1-2-15(9(17)11-7)8-3-5(16)6(24-8)4-23-27(22)13-25(18,19)12-26(20,21)14-27/h1-2,5-6,8,12,16H,3-4H2,(H2,10,11,17)(H,13,14,22)/t5-,6+,8+/m0/s1. The fourth-order valence-corrected chi connectivity index (χ4v) is 7.51. The highest BCUT2D eigenvalue weighted by atomic mass is 32.3. The molecule has 18 heteroatoms. The van der Waals surface area contributed by atoms with Crippen LogP contribution in [-0.2, 0) is 39.5 Å². The number of hydrogen-bond donors (Lipinski definition) is 4. The molecule has 0 saturated carbocycles. The van der Waals surface area contributed by atoms with Gasteiger partial charge in [0.05, 0.1) is 12.7 Å². The quantitative estimate of drug-likeness (QED) is 0.355. The summed E-state index contributed by atoms with van der Waals surface area (Å²) in [5.41, 5.74) is 4.65. The number of nitrogens with two attached hydrogens (primary N) is 1. The minimum Gasteiger partial charge on any atom is -0.390 e. The molecule has 0 aliphatic carbocycles. The molecule has 15 nitrogen and oxygen atoms in total. The van der Waals surface area contributed by atoms with Gasteiger partial charge in [-0.05, 0) is 6.07 Å². The fourth-order valence-electron chi connectivity index (χ4n) is 2.34. The largest absolute Gasteiger partial charge is 0.390 e. The lowest BCUT2D eigenvalue weighted by Gasteiger charge is -2.19. The van der Waals surface area contributed by atoms with Crippen molar-refractivity contribution < 1.29 is 35.1 Å². The molecule has 1 saturated heterocycles. The molecule has 1 unspecified atom stereocenters. The molecule has 0 radical (unpaired) electrons. The Morgan fingerprint density at radius 1 is 1.33 bits per heavy atom. The van der Waals surface area contributed by atoms with E-state index < -0.39 is 61.3 Å². The molecule has 27 heavy (non-hydrogen) atoms. The first-order valence-corrected chi connectivity index (χ1v) is 11.4. The molecule has 1 aromatic rings. The zero-order chi connectivity index (χ0) is 20.0. The molecule has 3 heterocycles. The van der Waals surface area contributed by atoms with Crippen molar-refractivity contribution in [3.63, 3.8) is 0 Å². The number of anilines is 1. The Balaban J connectivity index is 1.75. The highest BCUT2D eigenvalue weighted by Gasteiger charge is 2.39. The summed E-state index contributed by atoms with van der Waals surface area (Å²) in [5.74, 6) is -0.00686. The number of nitrogens with one attached hydrogen (secondary N) is 2. The number of aliphatic hydroxyl groups is 1. The zero-order valence-corrected chi connectivity index (χ0v) is 15.6. The Labute approximate surface area is 153 Å². The average molecular weight is 446 g/mol. The van der Waals surface area contributed by atoms with E-state index in [-0.39, 0.29) is 12.2 Å².